The molecule has 2 aromatic rings. The van der Waals surface area contributed by atoms with Crippen LogP contribution in [0, 0.1) is 5.41 Å². The molecule has 3 rings (SSSR count). The Labute approximate surface area is 151 Å². The molecule has 0 spiro atoms. The lowest BCUT2D eigenvalue weighted by Gasteiger charge is -2.30. The van der Waals surface area contributed by atoms with E-state index >= 15 is 0 Å². The number of hydrazine groups is 1. The summed E-state index contributed by atoms with van der Waals surface area (Å²) < 4.78 is 41.9. The van der Waals surface area contributed by atoms with Crippen molar-refractivity contribution in [2.45, 2.75) is 45.8 Å². The molecule has 6 heteroatoms. The van der Waals surface area contributed by atoms with Crippen LogP contribution in [-0.4, -0.2) is 23.6 Å². The van der Waals surface area contributed by atoms with Crippen molar-refractivity contribution in [3.63, 3.8) is 0 Å². The monoisotopic (exact) mass is 364 g/mol. The number of carbonyl (C=O) groups is 1. The van der Waals surface area contributed by atoms with Crippen LogP contribution in [0.15, 0.2) is 36.4 Å². The number of fused-ring (bicyclic) bond motifs is 1. The Hall–Kier alpha value is -2.08. The van der Waals surface area contributed by atoms with E-state index in [0.29, 0.717) is 6.42 Å². The second kappa shape index (κ2) is 6.58. The molecule has 0 aromatic heterocycles. The molecular weight excluding hydrogens is 341 g/mol. The van der Waals surface area contributed by atoms with E-state index in [9.17, 15) is 18.0 Å². The van der Waals surface area contributed by atoms with Crippen LogP contribution in [-0.2, 0) is 11.2 Å². The zero-order valence-electron chi connectivity index (χ0n) is 15.2. The molecule has 0 radical (unpaired) electrons. The van der Waals surface area contributed by atoms with Crippen molar-refractivity contribution in [2.24, 2.45) is 5.41 Å². The molecule has 3 nitrogen and oxygen atoms in total. The van der Waals surface area contributed by atoms with Gasteiger partial charge in [-0.05, 0) is 48.2 Å². The predicted octanol–water partition coefficient (Wildman–Crippen LogP) is 4.77. The van der Waals surface area contributed by atoms with Crippen LogP contribution in [0.25, 0.3) is 10.8 Å². The SMILES string of the molecule is CCCc1cc([C@H](N2CC(C)(C)C(=O)N2)C(F)(F)F)cc2ccccc12. The molecule has 1 amide bonds. The Bertz CT molecular complexity index is 829. The maximum atomic E-state index is 14.0. The molecule has 0 bridgehead atoms. The van der Waals surface area contributed by atoms with Crippen LogP contribution >= 0.6 is 0 Å². The lowest BCUT2D eigenvalue weighted by atomic mass is 9.92. The summed E-state index contributed by atoms with van der Waals surface area (Å²) >= 11 is 0. The molecule has 26 heavy (non-hydrogen) atoms. The minimum Gasteiger partial charge on any atom is -0.287 e. The number of nitrogens with zero attached hydrogens (tertiary/aromatic N) is 1. The highest BCUT2D eigenvalue weighted by molar-refractivity contribution is 5.87. The van der Waals surface area contributed by atoms with Crippen LogP contribution in [0.2, 0.25) is 0 Å². The molecule has 2 aromatic carbocycles. The largest absolute Gasteiger partial charge is 0.409 e. The second-order valence-electron chi connectivity index (χ2n) is 7.55. The van der Waals surface area contributed by atoms with Crippen molar-refractivity contribution in [1.82, 2.24) is 10.4 Å². The number of alkyl halides is 3. The predicted molar refractivity (Wildman–Crippen MR) is 95.4 cm³/mol. The molecule has 1 fully saturated rings. The summed E-state index contributed by atoms with van der Waals surface area (Å²) in [5.41, 5.74) is 2.64. The minimum absolute atomic E-state index is 0.00590. The molecule has 1 saturated heterocycles. The summed E-state index contributed by atoms with van der Waals surface area (Å²) in [6, 6.07) is 8.85. The van der Waals surface area contributed by atoms with Crippen LogP contribution in [0.1, 0.15) is 44.4 Å². The number of amides is 1. The number of rotatable bonds is 4. The van der Waals surface area contributed by atoms with E-state index in [1.807, 2.05) is 31.2 Å². The molecule has 0 unspecified atom stereocenters. The van der Waals surface area contributed by atoms with E-state index in [1.54, 1.807) is 26.0 Å². The first-order valence-corrected chi connectivity index (χ1v) is 8.79. The third-order valence-corrected chi connectivity index (χ3v) is 4.85. The minimum atomic E-state index is -4.50. The molecule has 1 atom stereocenters. The smallest absolute Gasteiger partial charge is 0.287 e. The van der Waals surface area contributed by atoms with Gasteiger partial charge in [-0.2, -0.15) is 13.2 Å². The number of benzene rings is 2. The van der Waals surface area contributed by atoms with Gasteiger partial charge < -0.3 is 0 Å². The number of aryl methyl sites for hydroxylation is 1. The fraction of sp³-hybridized carbons (Fsp3) is 0.450. The third kappa shape index (κ3) is 3.43. The maximum Gasteiger partial charge on any atom is 0.409 e. The topological polar surface area (TPSA) is 32.3 Å². The lowest BCUT2D eigenvalue weighted by molar-refractivity contribution is -0.191. The zero-order valence-corrected chi connectivity index (χ0v) is 15.2. The standard InChI is InChI=1S/C20H23F3N2O/c1-4-7-13-10-15(11-14-8-5-6-9-16(13)14)17(20(21,22)23)25-12-19(2,3)18(26)24-25/h5-6,8-11,17H,4,7,12H2,1-3H3,(H,24,26)/t17-/m0/s1. The highest BCUT2D eigenvalue weighted by Gasteiger charge is 2.51. The van der Waals surface area contributed by atoms with Gasteiger partial charge in [-0.3, -0.25) is 10.2 Å². The molecular formula is C20H23F3N2O. The van der Waals surface area contributed by atoms with Crippen molar-refractivity contribution < 1.29 is 18.0 Å². The first kappa shape index (κ1) is 18.7. The van der Waals surface area contributed by atoms with E-state index in [0.717, 1.165) is 27.8 Å². The Balaban J connectivity index is 2.12. The molecule has 1 N–H and O–H groups in total. The number of halogens is 3. The van der Waals surface area contributed by atoms with Gasteiger partial charge in [-0.1, -0.05) is 43.7 Å². The van der Waals surface area contributed by atoms with Gasteiger partial charge in [-0.15, -0.1) is 0 Å². The molecule has 140 valence electrons. The van der Waals surface area contributed by atoms with Crippen molar-refractivity contribution in [3.05, 3.63) is 47.5 Å². The molecule has 1 heterocycles. The molecule has 0 saturated carbocycles. The molecule has 1 aliphatic heterocycles. The maximum absolute atomic E-state index is 14.0. The first-order chi connectivity index (χ1) is 12.1. The Morgan fingerprint density at radius 3 is 2.50 bits per heavy atom. The van der Waals surface area contributed by atoms with E-state index in [-0.39, 0.29) is 18.0 Å². The van der Waals surface area contributed by atoms with E-state index in [2.05, 4.69) is 5.43 Å². The summed E-state index contributed by atoms with van der Waals surface area (Å²) in [5, 5.41) is 2.79. The van der Waals surface area contributed by atoms with Crippen LogP contribution in [0.5, 0.6) is 0 Å². The molecule has 1 aliphatic rings. The van der Waals surface area contributed by atoms with Crippen LogP contribution in [0.3, 0.4) is 0 Å². The third-order valence-electron chi connectivity index (χ3n) is 4.85. The zero-order chi connectivity index (χ0) is 19.1. The fourth-order valence-corrected chi connectivity index (χ4v) is 3.57. The highest BCUT2D eigenvalue weighted by Crippen LogP contribution is 2.41. The normalized spacial score (nSPS) is 18.9. The number of hydrogen-bond donors (Lipinski definition) is 1. The quantitative estimate of drug-likeness (QED) is 0.848. The van der Waals surface area contributed by atoms with Gasteiger partial charge >= 0.3 is 6.18 Å². The lowest BCUT2D eigenvalue weighted by Crippen LogP contribution is -2.43. The van der Waals surface area contributed by atoms with Gasteiger partial charge in [0.25, 0.3) is 0 Å². The van der Waals surface area contributed by atoms with Crippen molar-refractivity contribution in [1.29, 1.82) is 0 Å². The van der Waals surface area contributed by atoms with Gasteiger partial charge in [0.05, 0.1) is 5.41 Å². The van der Waals surface area contributed by atoms with Crippen molar-refractivity contribution in [3.8, 4) is 0 Å². The van der Waals surface area contributed by atoms with E-state index in [1.165, 1.54) is 0 Å². The number of nitrogens with one attached hydrogen (secondary N) is 1. The van der Waals surface area contributed by atoms with Gasteiger partial charge in [0.1, 0.15) is 6.04 Å². The fourth-order valence-electron chi connectivity index (χ4n) is 3.57. The summed E-state index contributed by atoms with van der Waals surface area (Å²) in [6.07, 6.45) is -2.95. The van der Waals surface area contributed by atoms with E-state index < -0.39 is 17.6 Å². The van der Waals surface area contributed by atoms with Crippen LogP contribution < -0.4 is 5.43 Å². The van der Waals surface area contributed by atoms with Crippen LogP contribution in [0.4, 0.5) is 13.2 Å². The summed E-state index contributed by atoms with van der Waals surface area (Å²) in [5.74, 6) is -0.388. The Morgan fingerprint density at radius 2 is 1.92 bits per heavy atom. The summed E-state index contributed by atoms with van der Waals surface area (Å²) in [7, 11) is 0. The average Bonchev–Trinajstić information content (AvgIpc) is 2.79. The van der Waals surface area contributed by atoms with Gasteiger partial charge in [0.15, 0.2) is 0 Å². The number of hydrogen-bond acceptors (Lipinski definition) is 2. The Morgan fingerprint density at radius 1 is 1.23 bits per heavy atom. The Kier molecular flexibility index (Phi) is 4.73. The first-order valence-electron chi connectivity index (χ1n) is 8.79. The van der Waals surface area contributed by atoms with Crippen molar-refractivity contribution in [2.75, 3.05) is 6.54 Å². The van der Waals surface area contributed by atoms with Crippen molar-refractivity contribution >= 4 is 16.7 Å². The molecule has 0 aliphatic carbocycles. The van der Waals surface area contributed by atoms with Gasteiger partial charge in [0.2, 0.25) is 5.91 Å². The van der Waals surface area contributed by atoms with E-state index in [4.69, 9.17) is 0 Å². The second-order valence-corrected chi connectivity index (χ2v) is 7.55. The summed E-state index contributed by atoms with van der Waals surface area (Å²) in [6.45, 7) is 5.31. The highest BCUT2D eigenvalue weighted by atomic mass is 19.4. The average molecular weight is 364 g/mol. The number of carbonyl (C=O) groups excluding carboxylic acids is 1. The van der Waals surface area contributed by atoms with Gasteiger partial charge in [-0.25, -0.2) is 5.01 Å². The van der Waals surface area contributed by atoms with Gasteiger partial charge in [0, 0.05) is 6.54 Å². The summed E-state index contributed by atoms with van der Waals surface area (Å²) in [4.78, 5) is 12.0.